The van der Waals surface area contributed by atoms with Crippen molar-refractivity contribution in [3.05, 3.63) is 48.5 Å². The van der Waals surface area contributed by atoms with E-state index in [4.69, 9.17) is 9.15 Å². The summed E-state index contributed by atoms with van der Waals surface area (Å²) >= 11 is 0. The fourth-order valence-corrected chi connectivity index (χ4v) is 5.22. The molecule has 4 aromatic rings. The summed E-state index contributed by atoms with van der Waals surface area (Å²) in [4.78, 5) is 9.14. The highest BCUT2D eigenvalue weighted by atomic mass is 32.2. The van der Waals surface area contributed by atoms with Crippen molar-refractivity contribution in [3.8, 4) is 28.9 Å². The molecule has 0 amide bonds. The Bertz CT molecular complexity index is 1350. The maximum absolute atomic E-state index is 11.8. The van der Waals surface area contributed by atoms with Gasteiger partial charge in [0.2, 0.25) is 11.7 Å². The van der Waals surface area contributed by atoms with Crippen molar-refractivity contribution in [2.24, 2.45) is 0 Å². The van der Waals surface area contributed by atoms with Crippen LogP contribution in [0.3, 0.4) is 0 Å². The number of sulfone groups is 1. The summed E-state index contributed by atoms with van der Waals surface area (Å²) in [5.74, 6) is 2.33. The van der Waals surface area contributed by atoms with Gasteiger partial charge in [0, 0.05) is 17.0 Å². The van der Waals surface area contributed by atoms with Crippen molar-refractivity contribution in [1.29, 1.82) is 0 Å². The summed E-state index contributed by atoms with van der Waals surface area (Å²) in [5.41, 5.74) is 1.44. The van der Waals surface area contributed by atoms with Crippen LogP contribution in [0, 0.1) is 0 Å². The third-order valence-corrected chi connectivity index (χ3v) is 6.90. The summed E-state index contributed by atoms with van der Waals surface area (Å²) in [6, 6.07) is 14.6. The lowest BCUT2D eigenvalue weighted by Gasteiger charge is -2.14. The number of benzene rings is 2. The van der Waals surface area contributed by atoms with Crippen LogP contribution in [-0.4, -0.2) is 53.2 Å². The predicted octanol–water partition coefficient (Wildman–Crippen LogP) is 2.95. The van der Waals surface area contributed by atoms with Crippen molar-refractivity contribution < 1.29 is 17.6 Å². The molecule has 0 radical (unpaired) electrons. The average molecular weight is 437 g/mol. The molecule has 3 heterocycles. The van der Waals surface area contributed by atoms with E-state index in [0.717, 1.165) is 16.7 Å². The zero-order chi connectivity index (χ0) is 21.4. The lowest BCUT2D eigenvalue weighted by Crippen LogP contribution is -2.21. The van der Waals surface area contributed by atoms with Gasteiger partial charge in [-0.1, -0.05) is 12.1 Å². The standard InChI is InChI=1S/C21H19N5O4S/c1-29-15-8-6-13(7-9-15)20-25-26-21(30-20)19-23-17-5-3-2-4-16(17)18(24-19)22-14-10-11-31(27,28)12-14/h2-9,14H,10-12H2,1H3,(H,22,23,24). The summed E-state index contributed by atoms with van der Waals surface area (Å²) in [7, 11) is -1.42. The molecule has 1 aliphatic rings. The molecule has 0 spiro atoms. The maximum Gasteiger partial charge on any atom is 0.286 e. The molecule has 1 atom stereocenters. The number of para-hydroxylation sites is 1. The molecule has 5 rings (SSSR count). The number of hydrogen-bond donors (Lipinski definition) is 1. The highest BCUT2D eigenvalue weighted by Crippen LogP contribution is 2.28. The van der Waals surface area contributed by atoms with Crippen LogP contribution in [0.5, 0.6) is 5.75 Å². The third kappa shape index (κ3) is 3.93. The highest BCUT2D eigenvalue weighted by Gasteiger charge is 2.28. The normalized spacial score (nSPS) is 17.6. The van der Waals surface area contributed by atoms with Crippen molar-refractivity contribution in [1.82, 2.24) is 20.2 Å². The molecule has 0 aliphatic carbocycles. The molecule has 158 valence electrons. The average Bonchev–Trinajstić information content (AvgIpc) is 3.40. The summed E-state index contributed by atoms with van der Waals surface area (Å²) < 4.78 is 34.7. The molecular formula is C21H19N5O4S. The van der Waals surface area contributed by atoms with Crippen LogP contribution < -0.4 is 10.1 Å². The molecule has 1 saturated heterocycles. The van der Waals surface area contributed by atoms with E-state index in [1.165, 1.54) is 0 Å². The van der Waals surface area contributed by atoms with E-state index >= 15 is 0 Å². The van der Waals surface area contributed by atoms with Gasteiger partial charge in [0.25, 0.3) is 5.89 Å². The van der Waals surface area contributed by atoms with Gasteiger partial charge in [-0.2, -0.15) is 0 Å². The first-order valence-electron chi connectivity index (χ1n) is 9.73. The molecule has 1 N–H and O–H groups in total. The fraction of sp³-hybridized carbons (Fsp3) is 0.238. The Balaban J connectivity index is 1.51. The number of ether oxygens (including phenoxy) is 1. The largest absolute Gasteiger partial charge is 0.497 e. The second-order valence-corrected chi connectivity index (χ2v) is 9.53. The van der Waals surface area contributed by atoms with Crippen molar-refractivity contribution in [2.45, 2.75) is 12.5 Å². The molecule has 2 aromatic heterocycles. The zero-order valence-electron chi connectivity index (χ0n) is 16.6. The Kier molecular flexibility index (Phi) is 4.78. The topological polar surface area (TPSA) is 120 Å². The van der Waals surface area contributed by atoms with Gasteiger partial charge in [-0.3, -0.25) is 0 Å². The van der Waals surface area contributed by atoms with E-state index in [9.17, 15) is 8.42 Å². The quantitative estimate of drug-likeness (QED) is 0.502. The van der Waals surface area contributed by atoms with E-state index in [0.29, 0.717) is 23.6 Å². The molecular weight excluding hydrogens is 418 g/mol. The van der Waals surface area contributed by atoms with E-state index < -0.39 is 9.84 Å². The summed E-state index contributed by atoms with van der Waals surface area (Å²) in [5, 5.41) is 12.3. The second kappa shape index (κ2) is 7.62. The van der Waals surface area contributed by atoms with E-state index in [2.05, 4.69) is 25.5 Å². The second-order valence-electron chi connectivity index (χ2n) is 7.30. The van der Waals surface area contributed by atoms with Gasteiger partial charge >= 0.3 is 0 Å². The molecule has 1 aliphatic heterocycles. The summed E-state index contributed by atoms with van der Waals surface area (Å²) in [6.45, 7) is 0. The molecule has 0 bridgehead atoms. The van der Waals surface area contributed by atoms with Gasteiger partial charge < -0.3 is 14.5 Å². The lowest BCUT2D eigenvalue weighted by molar-refractivity contribution is 0.415. The van der Waals surface area contributed by atoms with Crippen LogP contribution in [0.4, 0.5) is 5.82 Å². The highest BCUT2D eigenvalue weighted by molar-refractivity contribution is 7.91. The van der Waals surface area contributed by atoms with Crippen molar-refractivity contribution in [3.63, 3.8) is 0 Å². The third-order valence-electron chi connectivity index (χ3n) is 5.13. The van der Waals surface area contributed by atoms with Crippen LogP contribution in [0.15, 0.2) is 52.9 Å². The molecule has 2 aromatic carbocycles. The first-order chi connectivity index (χ1) is 15.0. The van der Waals surface area contributed by atoms with Crippen LogP contribution in [0.25, 0.3) is 34.1 Å². The Hall–Kier alpha value is -3.53. The van der Waals surface area contributed by atoms with Crippen LogP contribution in [0.2, 0.25) is 0 Å². The van der Waals surface area contributed by atoms with Crippen LogP contribution in [0.1, 0.15) is 6.42 Å². The molecule has 10 heteroatoms. The van der Waals surface area contributed by atoms with Gasteiger partial charge in [0.15, 0.2) is 9.84 Å². The SMILES string of the molecule is COc1ccc(-c2nnc(-c3nc(NC4CCS(=O)(=O)C4)c4ccccc4n3)o2)cc1. The van der Waals surface area contributed by atoms with Crippen molar-refractivity contribution >= 4 is 26.6 Å². The fourth-order valence-electron chi connectivity index (χ4n) is 3.55. The Morgan fingerprint density at radius 3 is 2.55 bits per heavy atom. The maximum atomic E-state index is 11.8. The number of anilines is 1. The van der Waals surface area contributed by atoms with Gasteiger partial charge in [-0.25, -0.2) is 18.4 Å². The minimum absolute atomic E-state index is 0.0861. The number of aromatic nitrogens is 4. The summed E-state index contributed by atoms with van der Waals surface area (Å²) in [6.07, 6.45) is 0.540. The number of hydrogen-bond acceptors (Lipinski definition) is 9. The van der Waals surface area contributed by atoms with Crippen LogP contribution >= 0.6 is 0 Å². The van der Waals surface area contributed by atoms with Gasteiger partial charge in [0.1, 0.15) is 11.6 Å². The molecule has 1 fully saturated rings. The van der Waals surface area contributed by atoms with Gasteiger partial charge in [0.05, 0.1) is 24.1 Å². The monoisotopic (exact) mass is 437 g/mol. The number of rotatable bonds is 5. The Labute approximate surface area is 178 Å². The first kappa shape index (κ1) is 19.4. The number of nitrogens with one attached hydrogen (secondary N) is 1. The molecule has 1 unspecified atom stereocenters. The smallest absolute Gasteiger partial charge is 0.286 e. The van der Waals surface area contributed by atoms with E-state index in [1.807, 2.05) is 48.5 Å². The van der Waals surface area contributed by atoms with E-state index in [-0.39, 0.29) is 29.3 Å². The Morgan fingerprint density at radius 2 is 1.81 bits per heavy atom. The number of fused-ring (bicyclic) bond motifs is 1. The minimum atomic E-state index is -3.02. The van der Waals surface area contributed by atoms with Gasteiger partial charge in [-0.15, -0.1) is 10.2 Å². The van der Waals surface area contributed by atoms with Gasteiger partial charge in [-0.05, 0) is 42.8 Å². The number of nitrogens with zero attached hydrogens (tertiary/aromatic N) is 4. The molecule has 0 saturated carbocycles. The Morgan fingerprint density at radius 1 is 1.03 bits per heavy atom. The number of methoxy groups -OCH3 is 1. The first-order valence-corrected chi connectivity index (χ1v) is 11.5. The zero-order valence-corrected chi connectivity index (χ0v) is 17.5. The van der Waals surface area contributed by atoms with Crippen molar-refractivity contribution in [2.75, 3.05) is 23.9 Å². The van der Waals surface area contributed by atoms with E-state index in [1.54, 1.807) is 7.11 Å². The molecule has 31 heavy (non-hydrogen) atoms. The lowest BCUT2D eigenvalue weighted by atomic mass is 10.2. The predicted molar refractivity (Wildman–Crippen MR) is 115 cm³/mol. The minimum Gasteiger partial charge on any atom is -0.497 e. The molecule has 9 nitrogen and oxygen atoms in total. The van der Waals surface area contributed by atoms with Crippen LogP contribution in [-0.2, 0) is 9.84 Å².